The quantitative estimate of drug-likeness (QED) is 0.272. The van der Waals surface area contributed by atoms with Crippen LogP contribution in [-0.2, 0) is 17.8 Å². The molecule has 232 valence electrons. The summed E-state index contributed by atoms with van der Waals surface area (Å²) in [5.74, 6) is -0.335. The second-order valence-electron chi connectivity index (χ2n) is 13.6. The number of benzene rings is 2. The Morgan fingerprint density at radius 1 is 1.09 bits per heavy atom. The lowest BCUT2D eigenvalue weighted by Crippen LogP contribution is -2.55. The molecule has 3 fully saturated rings. The van der Waals surface area contributed by atoms with Gasteiger partial charge in [-0.3, -0.25) is 4.90 Å². The van der Waals surface area contributed by atoms with Gasteiger partial charge in [0.2, 0.25) is 5.88 Å². The molecule has 7 heteroatoms. The molecular formula is C37H42FN2O4-. The van der Waals surface area contributed by atoms with Crippen LogP contribution in [0.2, 0.25) is 0 Å². The van der Waals surface area contributed by atoms with E-state index in [4.69, 9.17) is 9.47 Å². The Morgan fingerprint density at radius 3 is 2.64 bits per heavy atom. The minimum absolute atomic E-state index is 0.0595. The number of aromatic nitrogens is 1. The fraction of sp³-hybridized carbons (Fsp3) is 0.514. The average Bonchev–Trinajstić information content (AvgIpc) is 3.86. The number of methoxy groups -OCH3 is 1. The second-order valence-corrected chi connectivity index (χ2v) is 13.6. The van der Waals surface area contributed by atoms with Gasteiger partial charge in [0.25, 0.3) is 0 Å². The van der Waals surface area contributed by atoms with Gasteiger partial charge in [0.1, 0.15) is 17.7 Å². The molecule has 6 nitrogen and oxygen atoms in total. The molecule has 1 unspecified atom stereocenters. The zero-order chi connectivity index (χ0) is 30.4. The van der Waals surface area contributed by atoms with Crippen molar-refractivity contribution >= 4 is 5.97 Å². The van der Waals surface area contributed by atoms with E-state index in [-0.39, 0.29) is 23.4 Å². The van der Waals surface area contributed by atoms with Gasteiger partial charge >= 0.3 is 0 Å². The largest absolute Gasteiger partial charge is 0.550 e. The Bertz CT molecular complexity index is 1550. The van der Waals surface area contributed by atoms with Gasteiger partial charge < -0.3 is 19.4 Å². The van der Waals surface area contributed by atoms with Gasteiger partial charge in [0.05, 0.1) is 13.3 Å². The van der Waals surface area contributed by atoms with E-state index in [1.807, 2.05) is 6.07 Å². The lowest BCUT2D eigenvalue weighted by atomic mass is 9.70. The summed E-state index contributed by atoms with van der Waals surface area (Å²) in [7, 11) is 1.55. The van der Waals surface area contributed by atoms with Crippen molar-refractivity contribution in [1.82, 2.24) is 9.88 Å². The van der Waals surface area contributed by atoms with Crippen LogP contribution in [0.25, 0.3) is 11.1 Å². The molecule has 3 aromatic rings. The smallest absolute Gasteiger partial charge is 0.213 e. The zero-order valence-corrected chi connectivity index (χ0v) is 25.8. The van der Waals surface area contributed by atoms with E-state index in [1.54, 1.807) is 20.1 Å². The van der Waals surface area contributed by atoms with E-state index < -0.39 is 11.9 Å². The van der Waals surface area contributed by atoms with Crippen molar-refractivity contribution in [2.24, 2.45) is 11.8 Å². The summed E-state index contributed by atoms with van der Waals surface area (Å²) in [4.78, 5) is 18.5. The van der Waals surface area contributed by atoms with E-state index in [2.05, 4.69) is 40.2 Å². The highest BCUT2D eigenvalue weighted by Gasteiger charge is 2.43. The van der Waals surface area contributed by atoms with Gasteiger partial charge in [0.15, 0.2) is 0 Å². The van der Waals surface area contributed by atoms with Crippen molar-refractivity contribution in [2.75, 3.05) is 13.7 Å². The number of hydrogen-bond donors (Lipinski definition) is 0. The molecule has 7 rings (SSSR count). The molecule has 4 aliphatic rings. The Hall–Kier alpha value is -3.45. The van der Waals surface area contributed by atoms with E-state index in [0.717, 1.165) is 72.3 Å². The summed E-state index contributed by atoms with van der Waals surface area (Å²) in [6.07, 6.45) is 12.4. The summed E-state index contributed by atoms with van der Waals surface area (Å²) in [6, 6.07) is 14.3. The maximum Gasteiger partial charge on any atom is 0.213 e. The molecule has 2 aliphatic heterocycles. The van der Waals surface area contributed by atoms with Gasteiger partial charge in [-0.1, -0.05) is 43.7 Å². The molecule has 2 aromatic carbocycles. The number of nitrogens with zero attached hydrogens (tertiary/aromatic N) is 2. The number of halogens is 1. The number of carboxylic acid groups (broad SMARTS) is 1. The fourth-order valence-corrected chi connectivity index (χ4v) is 8.10. The van der Waals surface area contributed by atoms with Crippen molar-refractivity contribution in [2.45, 2.75) is 95.2 Å². The molecule has 0 radical (unpaired) electrons. The molecule has 0 N–H and O–H groups in total. The monoisotopic (exact) mass is 597 g/mol. The first-order valence-electron chi connectivity index (χ1n) is 16.4. The third-order valence-electron chi connectivity index (χ3n) is 10.9. The lowest BCUT2D eigenvalue weighted by molar-refractivity contribution is -0.311. The van der Waals surface area contributed by atoms with Crippen molar-refractivity contribution in [1.29, 1.82) is 0 Å². The van der Waals surface area contributed by atoms with Crippen LogP contribution in [0.4, 0.5) is 4.39 Å². The summed E-state index contributed by atoms with van der Waals surface area (Å²) < 4.78 is 27.3. The zero-order valence-electron chi connectivity index (χ0n) is 25.8. The SMILES string of the molecule is COc1cc(-c2ccc(C3CCc4ccc([C@H](C5CC5)[C@H](C)C(=O)[O-])cc4O3)cc2CN2CCCCC23CCC3)c(F)cn1. The number of ether oxygens (including phenoxy) is 2. The van der Waals surface area contributed by atoms with Crippen molar-refractivity contribution in [3.05, 3.63) is 76.7 Å². The molecule has 2 saturated carbocycles. The first-order chi connectivity index (χ1) is 21.3. The number of carbonyl (C=O) groups is 1. The highest BCUT2D eigenvalue weighted by atomic mass is 19.1. The van der Waals surface area contributed by atoms with Gasteiger partial charge in [-0.2, -0.15) is 0 Å². The van der Waals surface area contributed by atoms with Crippen LogP contribution in [0.3, 0.4) is 0 Å². The maximum atomic E-state index is 15.3. The minimum Gasteiger partial charge on any atom is -0.550 e. The first-order valence-corrected chi connectivity index (χ1v) is 16.4. The molecule has 1 aromatic heterocycles. The minimum atomic E-state index is -0.994. The maximum absolute atomic E-state index is 15.3. The Morgan fingerprint density at radius 2 is 1.91 bits per heavy atom. The predicted molar refractivity (Wildman–Crippen MR) is 165 cm³/mol. The molecule has 3 atom stereocenters. The summed E-state index contributed by atoms with van der Waals surface area (Å²) >= 11 is 0. The number of rotatable bonds is 9. The van der Waals surface area contributed by atoms with E-state index in [0.29, 0.717) is 17.4 Å². The lowest BCUT2D eigenvalue weighted by Gasteiger charge is -2.53. The number of aryl methyl sites for hydroxylation is 1. The fourth-order valence-electron chi connectivity index (χ4n) is 8.10. The first kappa shape index (κ1) is 29.3. The third-order valence-corrected chi connectivity index (χ3v) is 10.9. The van der Waals surface area contributed by atoms with E-state index in [1.165, 1.54) is 44.7 Å². The summed E-state index contributed by atoms with van der Waals surface area (Å²) in [5, 5.41) is 11.8. The van der Waals surface area contributed by atoms with Crippen LogP contribution in [0.5, 0.6) is 11.6 Å². The summed E-state index contributed by atoms with van der Waals surface area (Å²) in [5.41, 5.74) is 6.02. The molecule has 1 spiro atoms. The van der Waals surface area contributed by atoms with Crippen LogP contribution in [0, 0.1) is 17.7 Å². The van der Waals surface area contributed by atoms with Crippen LogP contribution in [0.1, 0.15) is 99.0 Å². The Kier molecular flexibility index (Phi) is 7.86. The molecule has 0 bridgehead atoms. The normalized spacial score (nSPS) is 22.4. The highest BCUT2D eigenvalue weighted by Crippen LogP contribution is 2.49. The van der Waals surface area contributed by atoms with Crippen molar-refractivity contribution in [3.8, 4) is 22.8 Å². The molecule has 44 heavy (non-hydrogen) atoms. The van der Waals surface area contributed by atoms with Gasteiger partial charge in [0, 0.05) is 35.6 Å². The Balaban J connectivity index is 1.22. The second kappa shape index (κ2) is 11.8. The van der Waals surface area contributed by atoms with Crippen molar-refractivity contribution in [3.63, 3.8) is 0 Å². The number of carboxylic acids is 1. The molecule has 0 amide bonds. The number of aliphatic carboxylic acids is 1. The van der Waals surface area contributed by atoms with Crippen LogP contribution in [0.15, 0.2) is 48.7 Å². The van der Waals surface area contributed by atoms with Crippen LogP contribution < -0.4 is 14.6 Å². The topological polar surface area (TPSA) is 74.7 Å². The van der Waals surface area contributed by atoms with E-state index in [9.17, 15) is 9.90 Å². The average molecular weight is 598 g/mol. The standard InChI is InChI=1S/C37H43FN2O4/c1-23(36(41)42)35(25-7-8-25)27-9-6-24-11-13-32(44-33(24)19-27)26-10-12-29(30-20-34(43-2)39-21-31(30)38)28(18-26)22-40-17-4-3-14-37(40)15-5-16-37/h6,9-10,12,18-21,23,25,32,35H,3-5,7-8,11,13-17,22H2,1-2H3,(H,41,42)/p-1/t23-,32?,35-/m0/s1. The molecule has 3 heterocycles. The highest BCUT2D eigenvalue weighted by molar-refractivity contribution is 5.70. The van der Waals surface area contributed by atoms with Gasteiger partial charge in [-0.25, -0.2) is 9.37 Å². The van der Waals surface area contributed by atoms with E-state index >= 15 is 4.39 Å². The molecule has 1 saturated heterocycles. The van der Waals surface area contributed by atoms with Crippen LogP contribution in [-0.4, -0.2) is 35.0 Å². The van der Waals surface area contributed by atoms with Gasteiger partial charge in [-0.05, 0) is 110 Å². The number of fused-ring (bicyclic) bond motifs is 1. The molecular weight excluding hydrogens is 555 g/mol. The number of likely N-dealkylation sites (tertiary alicyclic amines) is 1. The predicted octanol–water partition coefficient (Wildman–Crippen LogP) is 6.75. The van der Waals surface area contributed by atoms with Gasteiger partial charge in [-0.15, -0.1) is 0 Å². The number of piperidine rings is 1. The molecule has 2 aliphatic carbocycles. The third kappa shape index (κ3) is 5.48. The summed E-state index contributed by atoms with van der Waals surface area (Å²) in [6.45, 7) is 3.60. The van der Waals surface area contributed by atoms with Crippen LogP contribution >= 0.6 is 0 Å². The van der Waals surface area contributed by atoms with Crippen molar-refractivity contribution < 1.29 is 23.8 Å². The number of pyridine rings is 1. The number of carbonyl (C=O) groups excluding carboxylic acids is 1. The number of hydrogen-bond acceptors (Lipinski definition) is 6. The Labute approximate surface area is 259 Å².